The first-order valence-corrected chi connectivity index (χ1v) is 5.40. The summed E-state index contributed by atoms with van der Waals surface area (Å²) in [5.41, 5.74) is -0.408. The lowest BCUT2D eigenvalue weighted by molar-refractivity contribution is -0.179. The molecule has 0 N–H and O–H groups in total. The molecule has 1 atom stereocenters. The van der Waals surface area contributed by atoms with Crippen LogP contribution in [0.3, 0.4) is 0 Å². The lowest BCUT2D eigenvalue weighted by Gasteiger charge is -2.33. The molecule has 17 heavy (non-hydrogen) atoms. The summed E-state index contributed by atoms with van der Waals surface area (Å²) in [6.07, 6.45) is 4.50. The van der Waals surface area contributed by atoms with E-state index in [0.29, 0.717) is 18.5 Å². The van der Waals surface area contributed by atoms with E-state index in [4.69, 9.17) is 4.74 Å². The Balaban J connectivity index is 2.43. The van der Waals surface area contributed by atoms with E-state index in [0.717, 1.165) is 6.42 Å². The monoisotopic (exact) mass is 235 g/mol. The van der Waals surface area contributed by atoms with Crippen molar-refractivity contribution >= 4 is 5.97 Å². The summed E-state index contributed by atoms with van der Waals surface area (Å²) in [6, 6.07) is 3.52. The zero-order valence-corrected chi connectivity index (χ0v) is 9.50. The van der Waals surface area contributed by atoms with Crippen LogP contribution in [0.15, 0.2) is 29.8 Å². The van der Waals surface area contributed by atoms with Crippen molar-refractivity contribution in [2.24, 2.45) is 5.29 Å². The van der Waals surface area contributed by atoms with E-state index >= 15 is 0 Å². The zero-order chi connectivity index (χ0) is 12.3. The van der Waals surface area contributed by atoms with Crippen LogP contribution in [-0.2, 0) is 15.3 Å². The zero-order valence-electron chi connectivity index (χ0n) is 9.50. The Bertz CT molecular complexity index is 423. The average molecular weight is 235 g/mol. The van der Waals surface area contributed by atoms with E-state index < -0.39 is 11.7 Å². The van der Waals surface area contributed by atoms with Crippen LogP contribution in [0, 0.1) is 4.91 Å². The fourth-order valence-corrected chi connectivity index (χ4v) is 2.17. The summed E-state index contributed by atoms with van der Waals surface area (Å²) in [7, 11) is 0. The number of hydrogen-bond acceptors (Lipinski definition) is 5. The number of aromatic nitrogens is 1. The minimum atomic E-state index is -1.08. The summed E-state index contributed by atoms with van der Waals surface area (Å²) in [4.78, 5) is 26.1. The van der Waals surface area contributed by atoms with Crippen LogP contribution in [0.4, 0.5) is 0 Å². The van der Waals surface area contributed by atoms with Crippen molar-refractivity contribution in [3.8, 4) is 0 Å². The molecule has 0 amide bonds. The molecule has 90 valence electrons. The molecule has 1 aliphatic rings. The number of rotatable bonds is 3. The third-order valence-corrected chi connectivity index (χ3v) is 2.83. The van der Waals surface area contributed by atoms with E-state index in [1.54, 1.807) is 24.5 Å². The van der Waals surface area contributed by atoms with Crippen LogP contribution in [0.1, 0.15) is 25.3 Å². The predicted octanol–water partition coefficient (Wildman–Crippen LogP) is 1.57. The van der Waals surface area contributed by atoms with Crippen molar-refractivity contribution in [2.45, 2.75) is 25.5 Å². The summed E-state index contributed by atoms with van der Waals surface area (Å²) in [5, 5.41) is 4.22. The molecule has 1 fully saturated rings. The molecule has 1 saturated heterocycles. The highest BCUT2D eigenvalue weighted by atomic mass is 16.6. The highest BCUT2D eigenvalue weighted by Crippen LogP contribution is 2.39. The molecule has 0 spiro atoms. The molecule has 2 rings (SSSR count). The lowest BCUT2D eigenvalue weighted by Crippen LogP contribution is -2.41. The Morgan fingerprint density at radius 2 is 2.47 bits per heavy atom. The Labute approximate surface area is 98.5 Å². The molecule has 1 aromatic heterocycles. The van der Waals surface area contributed by atoms with Gasteiger partial charge in [-0.15, -0.1) is 4.91 Å². The van der Waals surface area contributed by atoms with Gasteiger partial charge in [0, 0.05) is 37.8 Å². The van der Waals surface area contributed by atoms with E-state index in [9.17, 15) is 9.70 Å². The van der Waals surface area contributed by atoms with Crippen molar-refractivity contribution in [1.29, 1.82) is 0 Å². The smallest absolute Gasteiger partial charge is 0.305 e. The standard InChI is InChI=1S/C11H13N3O3/c1-9(15)17-11(5-3-7-14(11)13-16)10-4-2-6-12-8-10/h2,4,6,8H,3,5,7H2,1H3. The van der Waals surface area contributed by atoms with Crippen LogP contribution >= 0.6 is 0 Å². The molecule has 6 nitrogen and oxygen atoms in total. The molecule has 1 aromatic rings. The first-order chi connectivity index (χ1) is 8.19. The van der Waals surface area contributed by atoms with Crippen LogP contribution in [0.5, 0.6) is 0 Å². The number of esters is 1. The second-order valence-corrected chi connectivity index (χ2v) is 3.93. The Kier molecular flexibility index (Phi) is 3.03. The molecule has 0 aromatic carbocycles. The van der Waals surface area contributed by atoms with Gasteiger partial charge in [-0.05, 0) is 18.6 Å². The molecular weight excluding hydrogens is 222 g/mol. The maximum absolute atomic E-state index is 11.2. The van der Waals surface area contributed by atoms with Crippen molar-refractivity contribution in [3.05, 3.63) is 35.0 Å². The predicted molar refractivity (Wildman–Crippen MR) is 59.4 cm³/mol. The highest BCUT2D eigenvalue weighted by Gasteiger charge is 2.46. The van der Waals surface area contributed by atoms with Gasteiger partial charge >= 0.3 is 5.97 Å². The molecule has 6 heteroatoms. The maximum atomic E-state index is 11.2. The number of carbonyl (C=O) groups is 1. The number of carbonyl (C=O) groups excluding carboxylic acids is 1. The van der Waals surface area contributed by atoms with E-state index in [1.165, 1.54) is 11.9 Å². The Morgan fingerprint density at radius 3 is 3.06 bits per heavy atom. The first-order valence-electron chi connectivity index (χ1n) is 5.40. The molecule has 0 saturated carbocycles. The van der Waals surface area contributed by atoms with Crippen LogP contribution in [0.2, 0.25) is 0 Å². The van der Waals surface area contributed by atoms with Gasteiger partial charge < -0.3 is 4.74 Å². The molecule has 0 radical (unpaired) electrons. The fourth-order valence-electron chi connectivity index (χ4n) is 2.17. The Morgan fingerprint density at radius 1 is 1.65 bits per heavy atom. The van der Waals surface area contributed by atoms with Crippen molar-refractivity contribution in [1.82, 2.24) is 9.99 Å². The van der Waals surface area contributed by atoms with Crippen LogP contribution < -0.4 is 0 Å². The van der Waals surface area contributed by atoms with Crippen molar-refractivity contribution in [2.75, 3.05) is 6.54 Å². The quantitative estimate of drug-likeness (QED) is 0.587. The summed E-state index contributed by atoms with van der Waals surface area (Å²) in [6.45, 7) is 1.80. The minimum absolute atomic E-state index is 0.440. The highest BCUT2D eigenvalue weighted by molar-refractivity contribution is 5.66. The summed E-state index contributed by atoms with van der Waals surface area (Å²) >= 11 is 0. The second kappa shape index (κ2) is 4.48. The number of hydrogen-bond donors (Lipinski definition) is 0. The van der Waals surface area contributed by atoms with Gasteiger partial charge in [-0.3, -0.25) is 9.78 Å². The second-order valence-electron chi connectivity index (χ2n) is 3.93. The summed E-state index contributed by atoms with van der Waals surface area (Å²) < 4.78 is 5.34. The molecule has 0 aliphatic carbocycles. The molecule has 1 aliphatic heterocycles. The van der Waals surface area contributed by atoms with Gasteiger partial charge in [0.25, 0.3) is 0 Å². The van der Waals surface area contributed by atoms with E-state index in [-0.39, 0.29) is 0 Å². The number of nitroso groups, excluding NO2 is 1. The Hall–Kier alpha value is -1.98. The molecule has 2 heterocycles. The normalized spacial score (nSPS) is 23.5. The van der Waals surface area contributed by atoms with Gasteiger partial charge in [-0.25, -0.2) is 5.01 Å². The molecule has 0 bridgehead atoms. The molecule has 1 unspecified atom stereocenters. The number of ether oxygens (including phenoxy) is 1. The van der Waals surface area contributed by atoms with Gasteiger partial charge in [0.1, 0.15) is 0 Å². The van der Waals surface area contributed by atoms with Gasteiger partial charge in [-0.2, -0.15) is 0 Å². The van der Waals surface area contributed by atoms with Crippen molar-refractivity contribution in [3.63, 3.8) is 0 Å². The van der Waals surface area contributed by atoms with Gasteiger partial charge in [-0.1, -0.05) is 0 Å². The van der Waals surface area contributed by atoms with Crippen LogP contribution in [-0.4, -0.2) is 22.5 Å². The maximum Gasteiger partial charge on any atom is 0.305 e. The average Bonchev–Trinajstić information content (AvgIpc) is 2.73. The van der Waals surface area contributed by atoms with E-state index in [1.807, 2.05) is 0 Å². The third-order valence-electron chi connectivity index (χ3n) is 2.83. The number of pyridine rings is 1. The fraction of sp³-hybridized carbons (Fsp3) is 0.455. The first kappa shape index (κ1) is 11.5. The van der Waals surface area contributed by atoms with Crippen molar-refractivity contribution < 1.29 is 9.53 Å². The number of nitrogens with zero attached hydrogens (tertiary/aromatic N) is 3. The summed E-state index contributed by atoms with van der Waals surface area (Å²) in [5.74, 6) is -0.440. The topological polar surface area (TPSA) is 71.9 Å². The van der Waals surface area contributed by atoms with Gasteiger partial charge in [0.2, 0.25) is 5.72 Å². The van der Waals surface area contributed by atoms with Gasteiger partial charge in [0.15, 0.2) is 0 Å². The largest absolute Gasteiger partial charge is 0.433 e. The van der Waals surface area contributed by atoms with Gasteiger partial charge in [0.05, 0.1) is 5.29 Å². The lowest BCUT2D eigenvalue weighted by atomic mass is 10.0. The van der Waals surface area contributed by atoms with E-state index in [2.05, 4.69) is 10.3 Å². The van der Waals surface area contributed by atoms with Crippen LogP contribution in [0.25, 0.3) is 0 Å². The minimum Gasteiger partial charge on any atom is -0.433 e. The molecular formula is C11H13N3O3. The SMILES string of the molecule is CC(=O)OC1(c2cccnc2)CCCN1N=O. The third kappa shape index (κ3) is 1.98.